The van der Waals surface area contributed by atoms with Crippen molar-refractivity contribution in [2.75, 3.05) is 7.11 Å². The van der Waals surface area contributed by atoms with Crippen molar-refractivity contribution in [1.82, 2.24) is 4.98 Å². The maximum Gasteiger partial charge on any atom is 0.356 e. The lowest BCUT2D eigenvalue weighted by Gasteiger charge is -1.94. The van der Waals surface area contributed by atoms with Gasteiger partial charge in [-0.1, -0.05) is 23.2 Å². The van der Waals surface area contributed by atoms with Crippen LogP contribution in [-0.4, -0.2) is 18.1 Å². The van der Waals surface area contributed by atoms with E-state index in [1.165, 1.54) is 13.2 Å². The lowest BCUT2D eigenvalue weighted by atomic mass is 10.4. The van der Waals surface area contributed by atoms with E-state index in [0.29, 0.717) is 5.15 Å². The number of methoxy groups -OCH3 is 1. The van der Waals surface area contributed by atoms with Crippen LogP contribution in [0.5, 0.6) is 0 Å². The SMILES string of the molecule is COC(=O)c1[nH]c(Cl)cc1Cl. The van der Waals surface area contributed by atoms with E-state index < -0.39 is 5.97 Å². The van der Waals surface area contributed by atoms with E-state index in [1.54, 1.807) is 0 Å². The monoisotopic (exact) mass is 193 g/mol. The minimum absolute atomic E-state index is 0.180. The van der Waals surface area contributed by atoms with Crippen molar-refractivity contribution in [3.63, 3.8) is 0 Å². The lowest BCUT2D eigenvalue weighted by Crippen LogP contribution is -2.01. The first-order valence-electron chi connectivity index (χ1n) is 2.77. The topological polar surface area (TPSA) is 42.1 Å². The summed E-state index contributed by atoms with van der Waals surface area (Å²) < 4.78 is 4.42. The number of rotatable bonds is 1. The highest BCUT2D eigenvalue weighted by molar-refractivity contribution is 6.36. The second-order valence-electron chi connectivity index (χ2n) is 1.83. The van der Waals surface area contributed by atoms with Gasteiger partial charge in [-0.05, 0) is 6.07 Å². The molecular weight excluding hydrogens is 189 g/mol. The molecule has 1 N–H and O–H groups in total. The van der Waals surface area contributed by atoms with Gasteiger partial charge in [-0.15, -0.1) is 0 Å². The Kier molecular flexibility index (Phi) is 2.42. The van der Waals surface area contributed by atoms with Crippen LogP contribution in [0.3, 0.4) is 0 Å². The van der Waals surface area contributed by atoms with Crippen LogP contribution in [0.4, 0.5) is 0 Å². The first-order chi connectivity index (χ1) is 5.15. The fourth-order valence-corrected chi connectivity index (χ4v) is 1.14. The molecule has 0 spiro atoms. The van der Waals surface area contributed by atoms with E-state index in [4.69, 9.17) is 23.2 Å². The molecule has 3 nitrogen and oxygen atoms in total. The van der Waals surface area contributed by atoms with Gasteiger partial charge in [0.25, 0.3) is 0 Å². The fraction of sp³-hybridized carbons (Fsp3) is 0.167. The van der Waals surface area contributed by atoms with E-state index in [-0.39, 0.29) is 10.7 Å². The molecule has 0 amide bonds. The van der Waals surface area contributed by atoms with E-state index in [1.807, 2.05) is 0 Å². The van der Waals surface area contributed by atoms with Gasteiger partial charge in [0, 0.05) is 0 Å². The van der Waals surface area contributed by atoms with E-state index in [2.05, 4.69) is 9.72 Å². The fourth-order valence-electron chi connectivity index (χ4n) is 0.649. The summed E-state index contributed by atoms with van der Waals surface area (Å²) in [7, 11) is 1.27. The molecule has 0 aliphatic carbocycles. The zero-order chi connectivity index (χ0) is 8.43. The summed E-state index contributed by atoms with van der Waals surface area (Å²) in [5.41, 5.74) is 0.180. The summed E-state index contributed by atoms with van der Waals surface area (Å²) in [5.74, 6) is -0.526. The van der Waals surface area contributed by atoms with Crippen LogP contribution in [0.1, 0.15) is 10.5 Å². The zero-order valence-electron chi connectivity index (χ0n) is 5.65. The number of H-pyrrole nitrogens is 1. The zero-order valence-corrected chi connectivity index (χ0v) is 7.16. The molecule has 0 radical (unpaired) electrons. The number of halogens is 2. The Balaban J connectivity index is 3.03. The molecule has 60 valence electrons. The van der Waals surface area contributed by atoms with Crippen molar-refractivity contribution in [2.24, 2.45) is 0 Å². The van der Waals surface area contributed by atoms with Crippen LogP contribution < -0.4 is 0 Å². The molecule has 5 heteroatoms. The highest BCUT2D eigenvalue weighted by Gasteiger charge is 2.12. The number of carbonyl (C=O) groups excluding carboxylic acids is 1. The van der Waals surface area contributed by atoms with Gasteiger partial charge < -0.3 is 9.72 Å². The lowest BCUT2D eigenvalue weighted by molar-refractivity contribution is 0.0595. The van der Waals surface area contributed by atoms with E-state index in [9.17, 15) is 4.79 Å². The second kappa shape index (κ2) is 3.15. The van der Waals surface area contributed by atoms with Crippen molar-refractivity contribution in [2.45, 2.75) is 0 Å². The molecule has 0 atom stereocenters. The first kappa shape index (κ1) is 8.43. The Morgan fingerprint density at radius 2 is 2.27 bits per heavy atom. The van der Waals surface area contributed by atoms with Crippen LogP contribution in [0, 0.1) is 0 Å². The number of nitrogens with one attached hydrogen (secondary N) is 1. The van der Waals surface area contributed by atoms with Gasteiger partial charge >= 0.3 is 5.97 Å². The summed E-state index contributed by atoms with van der Waals surface area (Å²) in [5, 5.41) is 0.581. The molecule has 11 heavy (non-hydrogen) atoms. The summed E-state index contributed by atoms with van der Waals surface area (Å²) in [4.78, 5) is 13.4. The molecule has 0 bridgehead atoms. The average molecular weight is 194 g/mol. The van der Waals surface area contributed by atoms with Crippen molar-refractivity contribution < 1.29 is 9.53 Å². The summed E-state index contributed by atoms with van der Waals surface area (Å²) in [6.45, 7) is 0. The predicted molar refractivity (Wildman–Crippen MR) is 42.2 cm³/mol. The number of hydrogen-bond donors (Lipinski definition) is 1. The molecule has 0 aliphatic heterocycles. The van der Waals surface area contributed by atoms with Crippen LogP contribution in [0.15, 0.2) is 6.07 Å². The third kappa shape index (κ3) is 1.67. The molecule has 1 rings (SSSR count). The van der Waals surface area contributed by atoms with Gasteiger partial charge in [-0.3, -0.25) is 0 Å². The van der Waals surface area contributed by atoms with Crippen LogP contribution in [0.25, 0.3) is 0 Å². The van der Waals surface area contributed by atoms with E-state index in [0.717, 1.165) is 0 Å². The number of aromatic nitrogens is 1. The van der Waals surface area contributed by atoms with Crippen molar-refractivity contribution in [3.8, 4) is 0 Å². The van der Waals surface area contributed by atoms with Gasteiger partial charge in [0.1, 0.15) is 10.8 Å². The molecule has 1 aromatic heterocycles. The number of hydrogen-bond acceptors (Lipinski definition) is 2. The Morgan fingerprint density at radius 3 is 2.64 bits per heavy atom. The number of ether oxygens (including phenoxy) is 1. The maximum atomic E-state index is 10.9. The Labute approximate surface area is 73.3 Å². The van der Waals surface area contributed by atoms with Crippen molar-refractivity contribution >= 4 is 29.2 Å². The van der Waals surface area contributed by atoms with Gasteiger partial charge in [0.05, 0.1) is 12.1 Å². The van der Waals surface area contributed by atoms with Crippen LogP contribution in [-0.2, 0) is 4.74 Å². The van der Waals surface area contributed by atoms with Gasteiger partial charge in [-0.2, -0.15) is 0 Å². The maximum absolute atomic E-state index is 10.9. The minimum atomic E-state index is -0.526. The van der Waals surface area contributed by atoms with Gasteiger partial charge in [-0.25, -0.2) is 4.79 Å². The quantitative estimate of drug-likeness (QED) is 0.695. The molecule has 0 saturated heterocycles. The number of aromatic amines is 1. The molecule has 0 saturated carbocycles. The summed E-state index contributed by atoms with van der Waals surface area (Å²) >= 11 is 11.1. The largest absolute Gasteiger partial charge is 0.464 e. The predicted octanol–water partition coefficient (Wildman–Crippen LogP) is 2.11. The van der Waals surface area contributed by atoms with Crippen LogP contribution >= 0.6 is 23.2 Å². The molecule has 0 unspecified atom stereocenters. The molecular formula is C6H5Cl2NO2. The highest BCUT2D eigenvalue weighted by atomic mass is 35.5. The smallest absolute Gasteiger partial charge is 0.356 e. The standard InChI is InChI=1S/C6H5Cl2NO2/c1-11-6(10)5-3(7)2-4(8)9-5/h2,9H,1H3. The molecule has 1 heterocycles. The van der Waals surface area contributed by atoms with Gasteiger partial charge in [0.15, 0.2) is 0 Å². The molecule has 0 aliphatic rings. The molecule has 1 aromatic rings. The minimum Gasteiger partial charge on any atom is -0.464 e. The summed E-state index contributed by atoms with van der Waals surface area (Å²) in [6, 6.07) is 1.44. The van der Waals surface area contributed by atoms with Crippen molar-refractivity contribution in [3.05, 3.63) is 21.9 Å². The number of carbonyl (C=O) groups is 1. The van der Waals surface area contributed by atoms with Crippen LogP contribution in [0.2, 0.25) is 10.2 Å². The third-order valence-corrected chi connectivity index (χ3v) is 1.63. The Hall–Kier alpha value is -0.670. The average Bonchev–Trinajstić information content (AvgIpc) is 2.28. The molecule has 0 aromatic carbocycles. The van der Waals surface area contributed by atoms with Gasteiger partial charge in [0.2, 0.25) is 0 Å². The normalized spacial score (nSPS) is 9.73. The third-order valence-electron chi connectivity index (χ3n) is 1.13. The first-order valence-corrected chi connectivity index (χ1v) is 3.53. The van der Waals surface area contributed by atoms with E-state index >= 15 is 0 Å². The van der Waals surface area contributed by atoms with Crippen molar-refractivity contribution in [1.29, 1.82) is 0 Å². The highest BCUT2D eigenvalue weighted by Crippen LogP contribution is 2.20. The number of esters is 1. The second-order valence-corrected chi connectivity index (χ2v) is 2.65. The Bertz CT molecular complexity index is 282. The molecule has 0 fully saturated rings. The summed E-state index contributed by atoms with van der Waals surface area (Å²) in [6.07, 6.45) is 0. The Morgan fingerprint density at radius 1 is 1.64 bits per heavy atom.